The molecule has 1 heterocycles. The van der Waals surface area contributed by atoms with Gasteiger partial charge in [-0.15, -0.1) is 10.2 Å². The molecule has 0 aromatic carbocycles. The van der Waals surface area contributed by atoms with Crippen LogP contribution < -0.4 is 10.2 Å². The Morgan fingerprint density at radius 1 is 1.40 bits per heavy atom. The van der Waals surface area contributed by atoms with Crippen LogP contribution in [0.15, 0.2) is 4.34 Å². The number of rotatable bonds is 6. The van der Waals surface area contributed by atoms with Crippen molar-refractivity contribution in [2.45, 2.75) is 55.7 Å². The first-order valence-electron chi connectivity index (χ1n) is 7.35. The predicted molar refractivity (Wildman–Crippen MR) is 89.0 cm³/mol. The Labute approximate surface area is 130 Å². The van der Waals surface area contributed by atoms with Gasteiger partial charge in [0.05, 0.1) is 0 Å². The predicted octanol–water partition coefficient (Wildman–Crippen LogP) is 3.25. The van der Waals surface area contributed by atoms with E-state index in [1.165, 1.54) is 19.3 Å². The van der Waals surface area contributed by atoms with Crippen LogP contribution in [0, 0.1) is 5.41 Å². The Balaban J connectivity index is 2.03. The maximum Gasteiger partial charge on any atom is 0.208 e. The Morgan fingerprint density at radius 2 is 2.15 bits per heavy atom. The van der Waals surface area contributed by atoms with E-state index in [-0.39, 0.29) is 0 Å². The van der Waals surface area contributed by atoms with Crippen molar-refractivity contribution in [2.24, 2.45) is 5.41 Å². The maximum absolute atomic E-state index is 4.33. The quantitative estimate of drug-likeness (QED) is 0.873. The van der Waals surface area contributed by atoms with Crippen LogP contribution in [-0.4, -0.2) is 42.1 Å². The average Bonchev–Trinajstić information content (AvgIpc) is 2.94. The molecule has 4 nitrogen and oxygen atoms in total. The molecule has 1 aliphatic carbocycles. The summed E-state index contributed by atoms with van der Waals surface area (Å²) in [4.78, 5) is 2.02. The molecule has 20 heavy (non-hydrogen) atoms. The lowest BCUT2D eigenvalue weighted by Gasteiger charge is -2.31. The summed E-state index contributed by atoms with van der Waals surface area (Å²) in [6.07, 6.45) is 3.73. The molecule has 1 saturated carbocycles. The van der Waals surface area contributed by atoms with Crippen LogP contribution in [-0.2, 0) is 0 Å². The minimum absolute atomic E-state index is 0.377. The number of nitrogens with zero attached hydrogens (tertiary/aromatic N) is 3. The summed E-state index contributed by atoms with van der Waals surface area (Å²) < 4.78 is 1.10. The largest absolute Gasteiger partial charge is 0.353 e. The molecular weight excluding hydrogens is 288 g/mol. The van der Waals surface area contributed by atoms with Gasteiger partial charge >= 0.3 is 0 Å². The van der Waals surface area contributed by atoms with E-state index in [2.05, 4.69) is 36.3 Å². The van der Waals surface area contributed by atoms with Gasteiger partial charge < -0.3 is 10.2 Å². The number of aromatic nitrogens is 2. The second-order valence-corrected chi connectivity index (χ2v) is 8.80. The van der Waals surface area contributed by atoms with Crippen molar-refractivity contribution in [1.29, 1.82) is 0 Å². The smallest absolute Gasteiger partial charge is 0.208 e. The molecule has 0 aliphatic heterocycles. The topological polar surface area (TPSA) is 41.1 Å². The molecule has 1 aromatic heterocycles. The van der Waals surface area contributed by atoms with E-state index >= 15 is 0 Å². The summed E-state index contributed by atoms with van der Waals surface area (Å²) in [5.74, 6) is 0. The van der Waals surface area contributed by atoms with Gasteiger partial charge in [0, 0.05) is 25.4 Å². The molecule has 1 aromatic rings. The highest BCUT2D eigenvalue weighted by atomic mass is 32.2. The third kappa shape index (κ3) is 3.65. The number of thioether (sulfide) groups is 1. The van der Waals surface area contributed by atoms with Gasteiger partial charge in [-0.3, -0.25) is 0 Å². The second-order valence-electron chi connectivity index (χ2n) is 6.36. The number of hydrogen-bond acceptors (Lipinski definition) is 6. The van der Waals surface area contributed by atoms with Crippen LogP contribution in [0.4, 0.5) is 5.13 Å². The van der Waals surface area contributed by atoms with Crippen molar-refractivity contribution in [2.75, 3.05) is 25.5 Å². The minimum atomic E-state index is 0.377. The molecule has 0 amide bonds. The average molecular weight is 315 g/mol. The lowest BCUT2D eigenvalue weighted by molar-refractivity contribution is 0.287. The lowest BCUT2D eigenvalue weighted by atomic mass is 9.87. The fraction of sp³-hybridized carbons (Fsp3) is 0.857. The molecule has 0 radical (unpaired) electrons. The first-order chi connectivity index (χ1) is 9.44. The van der Waals surface area contributed by atoms with Crippen LogP contribution in [0.3, 0.4) is 0 Å². The van der Waals surface area contributed by atoms with Crippen molar-refractivity contribution in [3.8, 4) is 0 Å². The molecule has 1 N–H and O–H groups in total. The Hall–Kier alpha value is -0.330. The molecule has 2 atom stereocenters. The number of anilines is 1. The molecule has 0 saturated heterocycles. The third-order valence-electron chi connectivity index (χ3n) is 3.93. The summed E-state index contributed by atoms with van der Waals surface area (Å²) in [5, 5.41) is 13.9. The zero-order valence-electron chi connectivity index (χ0n) is 13.1. The monoisotopic (exact) mass is 314 g/mol. The second kappa shape index (κ2) is 6.62. The van der Waals surface area contributed by atoms with E-state index in [0.717, 1.165) is 16.0 Å². The lowest BCUT2D eigenvalue weighted by Crippen LogP contribution is -2.43. The van der Waals surface area contributed by atoms with Crippen molar-refractivity contribution in [1.82, 2.24) is 15.5 Å². The molecule has 2 rings (SSSR count). The standard InChI is InChI=1S/C14H26N4S2/c1-6-9-15-11-10(7-8-14(11,2)3)19-13-17-16-12(20-13)18(4)5/h10-11,15H,6-9H2,1-5H3. The Bertz CT molecular complexity index is 431. The van der Waals surface area contributed by atoms with Crippen molar-refractivity contribution in [3.05, 3.63) is 0 Å². The van der Waals surface area contributed by atoms with Gasteiger partial charge in [0.25, 0.3) is 0 Å². The maximum atomic E-state index is 4.33. The van der Waals surface area contributed by atoms with E-state index in [0.29, 0.717) is 16.7 Å². The van der Waals surface area contributed by atoms with Crippen LogP contribution in [0.2, 0.25) is 0 Å². The summed E-state index contributed by atoms with van der Waals surface area (Å²) in [7, 11) is 4.03. The zero-order chi connectivity index (χ0) is 14.8. The van der Waals surface area contributed by atoms with Gasteiger partial charge in [0.1, 0.15) is 0 Å². The summed E-state index contributed by atoms with van der Waals surface area (Å²) in [6.45, 7) is 8.09. The van der Waals surface area contributed by atoms with Gasteiger partial charge in [-0.25, -0.2) is 0 Å². The van der Waals surface area contributed by atoms with Gasteiger partial charge in [-0.1, -0.05) is 43.9 Å². The summed E-state index contributed by atoms with van der Waals surface area (Å²) in [6, 6.07) is 0.569. The summed E-state index contributed by atoms with van der Waals surface area (Å²) in [5.41, 5.74) is 0.377. The fourth-order valence-corrected chi connectivity index (χ4v) is 5.21. The molecule has 114 valence electrons. The van der Waals surface area contributed by atoms with E-state index in [9.17, 15) is 0 Å². The normalized spacial score (nSPS) is 25.1. The highest BCUT2D eigenvalue weighted by molar-refractivity contribution is 8.01. The minimum Gasteiger partial charge on any atom is -0.353 e. The van der Waals surface area contributed by atoms with Crippen molar-refractivity contribution in [3.63, 3.8) is 0 Å². The fourth-order valence-electron chi connectivity index (χ4n) is 2.73. The highest BCUT2D eigenvalue weighted by Crippen LogP contribution is 2.45. The van der Waals surface area contributed by atoms with Gasteiger partial charge in [-0.2, -0.15) is 0 Å². The first kappa shape index (κ1) is 16.0. The van der Waals surface area contributed by atoms with Gasteiger partial charge in [0.15, 0.2) is 4.34 Å². The van der Waals surface area contributed by atoms with Crippen molar-refractivity contribution >= 4 is 28.2 Å². The molecule has 1 aliphatic rings. The Kier molecular flexibility index (Phi) is 5.31. The van der Waals surface area contributed by atoms with E-state index in [1.54, 1.807) is 11.3 Å². The molecule has 6 heteroatoms. The molecule has 0 spiro atoms. The van der Waals surface area contributed by atoms with E-state index in [1.807, 2.05) is 30.8 Å². The molecule has 1 fully saturated rings. The molecule has 2 unspecified atom stereocenters. The number of nitrogens with one attached hydrogen (secondary N) is 1. The SMILES string of the molecule is CCCNC1C(Sc2nnc(N(C)C)s2)CCC1(C)C. The van der Waals surface area contributed by atoms with E-state index < -0.39 is 0 Å². The van der Waals surface area contributed by atoms with Crippen molar-refractivity contribution < 1.29 is 0 Å². The van der Waals surface area contributed by atoms with Crippen LogP contribution in [0.5, 0.6) is 0 Å². The van der Waals surface area contributed by atoms with Crippen LogP contribution in [0.1, 0.15) is 40.0 Å². The first-order valence-corrected chi connectivity index (χ1v) is 9.04. The number of hydrogen-bond donors (Lipinski definition) is 1. The zero-order valence-corrected chi connectivity index (χ0v) is 14.8. The third-order valence-corrected chi connectivity index (χ3v) is 6.45. The summed E-state index contributed by atoms with van der Waals surface area (Å²) >= 11 is 3.60. The van der Waals surface area contributed by atoms with Crippen LogP contribution >= 0.6 is 23.1 Å². The Morgan fingerprint density at radius 3 is 2.75 bits per heavy atom. The van der Waals surface area contributed by atoms with Gasteiger partial charge in [-0.05, 0) is 31.2 Å². The molecule has 0 bridgehead atoms. The van der Waals surface area contributed by atoms with Gasteiger partial charge in [0.2, 0.25) is 5.13 Å². The highest BCUT2D eigenvalue weighted by Gasteiger charge is 2.42. The molecular formula is C14H26N4S2. The van der Waals surface area contributed by atoms with E-state index in [4.69, 9.17) is 0 Å². The van der Waals surface area contributed by atoms with Crippen LogP contribution in [0.25, 0.3) is 0 Å².